The molecule has 0 bridgehead atoms. The minimum Gasteiger partial charge on any atom is -0.480 e. The maximum atomic E-state index is 11.8. The fraction of sp³-hybridized carbons (Fsp3) is 0.944. The van der Waals surface area contributed by atoms with Crippen molar-refractivity contribution in [3.8, 4) is 0 Å². The first kappa shape index (κ1) is 16.3. The van der Waals surface area contributed by atoms with Crippen LogP contribution in [-0.4, -0.2) is 47.8 Å². The molecule has 1 N–H and O–H groups in total. The van der Waals surface area contributed by atoms with Gasteiger partial charge in [-0.15, -0.1) is 0 Å². The number of hydrogen-bond donors (Lipinski definition) is 1. The molecule has 0 radical (unpaired) electrons. The van der Waals surface area contributed by atoms with E-state index >= 15 is 0 Å². The molecule has 2 heterocycles. The fourth-order valence-electron chi connectivity index (χ4n) is 5.42. The smallest absolute Gasteiger partial charge is 0.321 e. The first-order valence-corrected chi connectivity index (χ1v) is 9.12. The van der Waals surface area contributed by atoms with Crippen molar-refractivity contribution in [2.75, 3.05) is 19.8 Å². The van der Waals surface area contributed by atoms with Crippen molar-refractivity contribution in [3.05, 3.63) is 0 Å². The van der Waals surface area contributed by atoms with E-state index in [1.165, 1.54) is 38.5 Å². The van der Waals surface area contributed by atoms with E-state index in [-0.39, 0.29) is 12.0 Å². The van der Waals surface area contributed by atoms with Crippen molar-refractivity contribution in [3.63, 3.8) is 0 Å². The molecule has 0 amide bonds. The molecule has 2 aliphatic heterocycles. The number of carboxylic acid groups (broad SMARTS) is 1. The highest BCUT2D eigenvalue weighted by molar-refractivity contribution is 5.74. The molecule has 3 fully saturated rings. The molecule has 0 aromatic heterocycles. The minimum absolute atomic E-state index is 0.171. The zero-order valence-corrected chi connectivity index (χ0v) is 14.1. The van der Waals surface area contributed by atoms with Crippen LogP contribution < -0.4 is 0 Å². The summed E-state index contributed by atoms with van der Waals surface area (Å²) in [4.78, 5) is 14.2. The third-order valence-electron chi connectivity index (χ3n) is 6.52. The van der Waals surface area contributed by atoms with E-state index in [0.29, 0.717) is 11.5 Å². The minimum atomic E-state index is -0.636. The van der Waals surface area contributed by atoms with Gasteiger partial charge >= 0.3 is 5.97 Å². The zero-order chi connectivity index (χ0) is 15.7. The zero-order valence-electron chi connectivity index (χ0n) is 14.1. The molecule has 1 aliphatic carbocycles. The number of hydrogen-bond acceptors (Lipinski definition) is 3. The van der Waals surface area contributed by atoms with Crippen LogP contribution in [0.15, 0.2) is 0 Å². The summed E-state index contributed by atoms with van der Waals surface area (Å²) >= 11 is 0. The van der Waals surface area contributed by atoms with Gasteiger partial charge < -0.3 is 9.84 Å². The van der Waals surface area contributed by atoms with Crippen LogP contribution in [0.3, 0.4) is 0 Å². The average molecular weight is 309 g/mol. The second kappa shape index (κ2) is 6.48. The molecular formula is C18H31NO3. The second-order valence-electron chi connectivity index (χ2n) is 7.90. The van der Waals surface area contributed by atoms with Crippen LogP contribution in [-0.2, 0) is 9.53 Å². The molecule has 0 aromatic carbocycles. The predicted molar refractivity (Wildman–Crippen MR) is 85.8 cm³/mol. The van der Waals surface area contributed by atoms with E-state index < -0.39 is 5.97 Å². The maximum absolute atomic E-state index is 11.8. The van der Waals surface area contributed by atoms with Gasteiger partial charge in [-0.05, 0) is 62.3 Å². The van der Waals surface area contributed by atoms with Gasteiger partial charge in [0.05, 0.1) is 0 Å². The lowest BCUT2D eigenvalue weighted by atomic mass is 9.54. The Kier molecular flexibility index (Phi) is 4.79. The highest BCUT2D eigenvalue weighted by Gasteiger charge is 2.54. The largest absolute Gasteiger partial charge is 0.480 e. The number of likely N-dealkylation sites (tertiary alicyclic amines) is 1. The first-order valence-electron chi connectivity index (χ1n) is 9.12. The van der Waals surface area contributed by atoms with Gasteiger partial charge in [0, 0.05) is 19.3 Å². The fourth-order valence-corrected chi connectivity index (χ4v) is 5.42. The number of nitrogens with zero attached hydrogens (tertiary/aromatic N) is 1. The molecule has 3 rings (SSSR count). The summed E-state index contributed by atoms with van der Waals surface area (Å²) in [6.07, 6.45) is 8.60. The quantitative estimate of drug-likeness (QED) is 0.847. The van der Waals surface area contributed by atoms with Gasteiger partial charge in [-0.1, -0.05) is 20.3 Å². The average Bonchev–Trinajstić information content (AvgIpc) is 2.87. The van der Waals surface area contributed by atoms with Gasteiger partial charge in [-0.3, -0.25) is 9.69 Å². The second-order valence-corrected chi connectivity index (χ2v) is 7.90. The Balaban J connectivity index is 1.82. The van der Waals surface area contributed by atoms with Crippen molar-refractivity contribution in [2.24, 2.45) is 17.3 Å². The number of rotatable bonds is 5. The Morgan fingerprint density at radius 3 is 2.36 bits per heavy atom. The molecule has 2 saturated heterocycles. The van der Waals surface area contributed by atoms with E-state index in [1.807, 2.05) is 0 Å². The monoisotopic (exact) mass is 309 g/mol. The molecule has 4 nitrogen and oxygen atoms in total. The molecule has 4 heteroatoms. The van der Waals surface area contributed by atoms with Crippen molar-refractivity contribution in [1.82, 2.24) is 4.90 Å². The van der Waals surface area contributed by atoms with E-state index in [9.17, 15) is 9.90 Å². The van der Waals surface area contributed by atoms with Gasteiger partial charge in [-0.2, -0.15) is 0 Å². The predicted octanol–water partition coefficient (Wildman–Crippen LogP) is 3.16. The molecule has 1 saturated carbocycles. The highest BCUT2D eigenvalue weighted by Crippen LogP contribution is 2.56. The van der Waals surface area contributed by atoms with E-state index in [4.69, 9.17) is 4.74 Å². The van der Waals surface area contributed by atoms with Crippen LogP contribution in [0, 0.1) is 17.3 Å². The van der Waals surface area contributed by atoms with Crippen molar-refractivity contribution in [1.29, 1.82) is 0 Å². The molecule has 3 aliphatic rings. The van der Waals surface area contributed by atoms with Crippen LogP contribution in [0.1, 0.15) is 58.8 Å². The standard InChI is InChI=1S/C18H31NO3/c1-13(2)16(17(20)21)19-10-3-5-15(19)18(8-4-9-18)14-6-11-22-12-7-14/h13-16H,3-12H2,1-2H3,(H,20,21). The summed E-state index contributed by atoms with van der Waals surface area (Å²) in [5.74, 6) is 0.274. The Hall–Kier alpha value is -0.610. The van der Waals surface area contributed by atoms with E-state index in [0.717, 1.165) is 32.1 Å². The van der Waals surface area contributed by atoms with Crippen molar-refractivity contribution in [2.45, 2.75) is 70.9 Å². The summed E-state index contributed by atoms with van der Waals surface area (Å²) in [6.45, 7) is 6.86. The topological polar surface area (TPSA) is 49.8 Å². The molecule has 2 unspecified atom stereocenters. The van der Waals surface area contributed by atoms with E-state index in [2.05, 4.69) is 18.7 Å². The first-order chi connectivity index (χ1) is 10.6. The van der Waals surface area contributed by atoms with Crippen LogP contribution in [0.25, 0.3) is 0 Å². The molecular weight excluding hydrogens is 278 g/mol. The molecule has 0 aromatic rings. The molecule has 2 atom stereocenters. The van der Waals surface area contributed by atoms with E-state index in [1.54, 1.807) is 0 Å². The lowest BCUT2D eigenvalue weighted by molar-refractivity contribution is -0.150. The lowest BCUT2D eigenvalue weighted by Gasteiger charge is -2.56. The van der Waals surface area contributed by atoms with Gasteiger partial charge in [0.25, 0.3) is 0 Å². The number of aliphatic carboxylic acids is 1. The van der Waals surface area contributed by atoms with Crippen molar-refractivity contribution >= 4 is 5.97 Å². The highest BCUT2D eigenvalue weighted by atomic mass is 16.5. The Morgan fingerprint density at radius 2 is 1.86 bits per heavy atom. The van der Waals surface area contributed by atoms with Crippen LogP contribution in [0.4, 0.5) is 0 Å². The molecule has 126 valence electrons. The van der Waals surface area contributed by atoms with Crippen LogP contribution in [0.5, 0.6) is 0 Å². The Labute approximate surface area is 134 Å². The van der Waals surface area contributed by atoms with Crippen LogP contribution >= 0.6 is 0 Å². The summed E-state index contributed by atoms with van der Waals surface area (Å²) < 4.78 is 5.57. The Morgan fingerprint density at radius 1 is 1.18 bits per heavy atom. The Bertz CT molecular complexity index is 399. The summed E-state index contributed by atoms with van der Waals surface area (Å²) in [5.41, 5.74) is 0.378. The third-order valence-corrected chi connectivity index (χ3v) is 6.52. The summed E-state index contributed by atoms with van der Waals surface area (Å²) in [6, 6.07) is 0.165. The lowest BCUT2D eigenvalue weighted by Crippen LogP contribution is -2.58. The number of carboxylic acids is 1. The molecule has 22 heavy (non-hydrogen) atoms. The summed E-state index contributed by atoms with van der Waals surface area (Å²) in [7, 11) is 0. The number of carbonyl (C=O) groups is 1. The summed E-state index contributed by atoms with van der Waals surface area (Å²) in [5, 5.41) is 9.73. The van der Waals surface area contributed by atoms with Crippen molar-refractivity contribution < 1.29 is 14.6 Å². The SMILES string of the molecule is CC(C)C(C(=O)O)N1CCCC1C1(C2CCOCC2)CCC1. The third kappa shape index (κ3) is 2.69. The maximum Gasteiger partial charge on any atom is 0.321 e. The van der Waals surface area contributed by atoms with Gasteiger partial charge in [-0.25, -0.2) is 0 Å². The number of ether oxygens (including phenoxy) is 1. The van der Waals surface area contributed by atoms with Gasteiger partial charge in [0.1, 0.15) is 6.04 Å². The van der Waals surface area contributed by atoms with Gasteiger partial charge in [0.2, 0.25) is 0 Å². The normalized spacial score (nSPS) is 31.1. The van der Waals surface area contributed by atoms with Gasteiger partial charge in [0.15, 0.2) is 0 Å². The molecule has 0 spiro atoms. The van der Waals surface area contributed by atoms with Crippen LogP contribution in [0.2, 0.25) is 0 Å².